The van der Waals surface area contributed by atoms with Gasteiger partial charge in [0, 0.05) is 29.9 Å². The van der Waals surface area contributed by atoms with E-state index >= 15 is 0 Å². The fourth-order valence-electron chi connectivity index (χ4n) is 3.38. The van der Waals surface area contributed by atoms with Gasteiger partial charge in [0.1, 0.15) is 0 Å². The standard InChI is InChI=1S/C26H29N3O2/c1-3-29(4-2)19-23-14-9-8-13-22(23)18-27-25(30)21-15-10-16-24(17-21)28-26(31)20-11-6-5-7-12-20/h5-17H,3-4,18-19H2,1-2H3,(H,27,30)(H,28,31). The molecule has 3 aromatic rings. The maximum atomic E-state index is 12.7. The Morgan fingerprint density at radius 1 is 0.742 bits per heavy atom. The molecular weight excluding hydrogens is 386 g/mol. The van der Waals surface area contributed by atoms with Gasteiger partial charge in [-0.3, -0.25) is 14.5 Å². The van der Waals surface area contributed by atoms with Gasteiger partial charge in [-0.2, -0.15) is 0 Å². The number of anilines is 1. The quantitative estimate of drug-likeness (QED) is 0.532. The SMILES string of the molecule is CCN(CC)Cc1ccccc1CNC(=O)c1cccc(NC(=O)c2ccccc2)c1. The average molecular weight is 416 g/mol. The van der Waals surface area contributed by atoms with Crippen molar-refractivity contribution >= 4 is 17.5 Å². The first kappa shape index (κ1) is 22.2. The number of nitrogens with zero attached hydrogens (tertiary/aromatic N) is 1. The van der Waals surface area contributed by atoms with E-state index in [1.54, 1.807) is 36.4 Å². The van der Waals surface area contributed by atoms with Crippen LogP contribution in [0.1, 0.15) is 45.7 Å². The van der Waals surface area contributed by atoms with E-state index in [2.05, 4.69) is 41.5 Å². The maximum absolute atomic E-state index is 12.7. The third kappa shape index (κ3) is 6.27. The van der Waals surface area contributed by atoms with Gasteiger partial charge in [0.2, 0.25) is 0 Å². The summed E-state index contributed by atoms with van der Waals surface area (Å²) < 4.78 is 0. The van der Waals surface area contributed by atoms with Crippen molar-refractivity contribution in [2.75, 3.05) is 18.4 Å². The van der Waals surface area contributed by atoms with Crippen molar-refractivity contribution in [3.63, 3.8) is 0 Å². The molecule has 2 amide bonds. The molecule has 0 aliphatic carbocycles. The normalized spacial score (nSPS) is 10.7. The highest BCUT2D eigenvalue weighted by Crippen LogP contribution is 2.14. The van der Waals surface area contributed by atoms with E-state index < -0.39 is 0 Å². The number of carbonyl (C=O) groups is 2. The van der Waals surface area contributed by atoms with Crippen molar-refractivity contribution in [1.29, 1.82) is 0 Å². The van der Waals surface area contributed by atoms with E-state index in [1.807, 2.05) is 30.3 Å². The van der Waals surface area contributed by atoms with E-state index in [-0.39, 0.29) is 11.8 Å². The van der Waals surface area contributed by atoms with Crippen LogP contribution in [0.25, 0.3) is 0 Å². The van der Waals surface area contributed by atoms with Gasteiger partial charge >= 0.3 is 0 Å². The molecule has 31 heavy (non-hydrogen) atoms. The number of hydrogen-bond acceptors (Lipinski definition) is 3. The van der Waals surface area contributed by atoms with Crippen LogP contribution in [0.3, 0.4) is 0 Å². The fraction of sp³-hybridized carbons (Fsp3) is 0.231. The molecule has 0 aliphatic rings. The first-order valence-electron chi connectivity index (χ1n) is 10.6. The molecule has 0 aliphatic heterocycles. The topological polar surface area (TPSA) is 61.4 Å². The molecular formula is C26H29N3O2. The first-order valence-corrected chi connectivity index (χ1v) is 10.6. The summed E-state index contributed by atoms with van der Waals surface area (Å²) in [5.41, 5.74) is 3.99. The molecule has 0 heterocycles. The van der Waals surface area contributed by atoms with Crippen molar-refractivity contribution in [3.05, 3.63) is 101 Å². The van der Waals surface area contributed by atoms with Gasteiger partial charge in [0.25, 0.3) is 11.8 Å². The molecule has 0 bridgehead atoms. The van der Waals surface area contributed by atoms with Crippen molar-refractivity contribution in [1.82, 2.24) is 10.2 Å². The molecule has 160 valence electrons. The van der Waals surface area contributed by atoms with Crippen LogP contribution in [0, 0.1) is 0 Å². The molecule has 3 aromatic carbocycles. The lowest BCUT2D eigenvalue weighted by Crippen LogP contribution is -2.26. The molecule has 0 fully saturated rings. The smallest absolute Gasteiger partial charge is 0.255 e. The maximum Gasteiger partial charge on any atom is 0.255 e. The molecule has 3 rings (SSSR count). The Hall–Kier alpha value is -3.44. The summed E-state index contributed by atoms with van der Waals surface area (Å²) in [6.45, 7) is 7.59. The summed E-state index contributed by atoms with van der Waals surface area (Å²) in [7, 11) is 0. The molecule has 0 radical (unpaired) electrons. The average Bonchev–Trinajstić information content (AvgIpc) is 2.82. The number of amides is 2. The Morgan fingerprint density at radius 2 is 1.39 bits per heavy atom. The lowest BCUT2D eigenvalue weighted by atomic mass is 10.1. The van der Waals surface area contributed by atoms with E-state index in [4.69, 9.17) is 0 Å². The Balaban J connectivity index is 1.64. The Bertz CT molecular complexity index is 1010. The van der Waals surface area contributed by atoms with Crippen LogP contribution in [-0.4, -0.2) is 29.8 Å². The highest BCUT2D eigenvalue weighted by atomic mass is 16.2. The zero-order valence-corrected chi connectivity index (χ0v) is 18.1. The number of benzene rings is 3. The van der Waals surface area contributed by atoms with Crippen LogP contribution in [-0.2, 0) is 13.1 Å². The largest absolute Gasteiger partial charge is 0.348 e. The van der Waals surface area contributed by atoms with Crippen LogP contribution in [0.5, 0.6) is 0 Å². The van der Waals surface area contributed by atoms with Gasteiger partial charge in [-0.05, 0) is 54.5 Å². The van der Waals surface area contributed by atoms with Crippen LogP contribution < -0.4 is 10.6 Å². The van der Waals surface area contributed by atoms with Crippen LogP contribution in [0.15, 0.2) is 78.9 Å². The highest BCUT2D eigenvalue weighted by Gasteiger charge is 2.11. The summed E-state index contributed by atoms with van der Waals surface area (Å²) in [6, 6.07) is 24.2. The number of nitrogens with one attached hydrogen (secondary N) is 2. The van der Waals surface area contributed by atoms with E-state index in [1.165, 1.54) is 5.56 Å². The second kappa shape index (κ2) is 11.1. The monoisotopic (exact) mass is 415 g/mol. The van der Waals surface area contributed by atoms with E-state index in [0.29, 0.717) is 23.4 Å². The summed E-state index contributed by atoms with van der Waals surface area (Å²) in [5.74, 6) is -0.378. The zero-order chi connectivity index (χ0) is 22.1. The van der Waals surface area contributed by atoms with Gasteiger partial charge in [0.15, 0.2) is 0 Å². The summed E-state index contributed by atoms with van der Waals surface area (Å²) in [6.07, 6.45) is 0. The second-order valence-corrected chi connectivity index (χ2v) is 7.31. The first-order chi connectivity index (χ1) is 15.1. The van der Waals surface area contributed by atoms with Crippen molar-refractivity contribution in [2.45, 2.75) is 26.9 Å². The molecule has 0 atom stereocenters. The second-order valence-electron chi connectivity index (χ2n) is 7.31. The van der Waals surface area contributed by atoms with Crippen LogP contribution in [0.2, 0.25) is 0 Å². The Morgan fingerprint density at radius 3 is 2.10 bits per heavy atom. The van der Waals surface area contributed by atoms with Crippen LogP contribution in [0.4, 0.5) is 5.69 Å². The van der Waals surface area contributed by atoms with E-state index in [0.717, 1.165) is 25.2 Å². The minimum absolute atomic E-state index is 0.173. The third-order valence-electron chi connectivity index (χ3n) is 5.26. The summed E-state index contributed by atoms with van der Waals surface area (Å²) in [4.78, 5) is 27.4. The highest BCUT2D eigenvalue weighted by molar-refractivity contribution is 6.05. The predicted molar refractivity (Wildman–Crippen MR) is 125 cm³/mol. The molecule has 2 N–H and O–H groups in total. The zero-order valence-electron chi connectivity index (χ0n) is 18.1. The van der Waals surface area contributed by atoms with Crippen LogP contribution >= 0.6 is 0 Å². The minimum atomic E-state index is -0.205. The molecule has 5 nitrogen and oxygen atoms in total. The number of hydrogen-bond donors (Lipinski definition) is 2. The molecule has 5 heteroatoms. The van der Waals surface area contributed by atoms with Gasteiger partial charge in [-0.15, -0.1) is 0 Å². The van der Waals surface area contributed by atoms with Gasteiger partial charge < -0.3 is 10.6 Å². The fourth-order valence-corrected chi connectivity index (χ4v) is 3.38. The van der Waals surface area contributed by atoms with Crippen molar-refractivity contribution in [2.24, 2.45) is 0 Å². The van der Waals surface area contributed by atoms with Gasteiger partial charge in [-0.25, -0.2) is 0 Å². The third-order valence-corrected chi connectivity index (χ3v) is 5.26. The Labute approximate surface area is 184 Å². The molecule has 0 spiro atoms. The minimum Gasteiger partial charge on any atom is -0.348 e. The lowest BCUT2D eigenvalue weighted by molar-refractivity contribution is 0.0949. The molecule has 0 saturated heterocycles. The van der Waals surface area contributed by atoms with Crippen molar-refractivity contribution in [3.8, 4) is 0 Å². The molecule has 0 saturated carbocycles. The van der Waals surface area contributed by atoms with Gasteiger partial charge in [-0.1, -0.05) is 62.4 Å². The Kier molecular flexibility index (Phi) is 7.96. The number of rotatable bonds is 9. The molecule has 0 aromatic heterocycles. The number of carbonyl (C=O) groups excluding carboxylic acids is 2. The lowest BCUT2D eigenvalue weighted by Gasteiger charge is -2.20. The summed E-state index contributed by atoms with van der Waals surface area (Å²) in [5, 5.41) is 5.85. The van der Waals surface area contributed by atoms with Gasteiger partial charge in [0.05, 0.1) is 0 Å². The predicted octanol–water partition coefficient (Wildman–Crippen LogP) is 4.71. The van der Waals surface area contributed by atoms with E-state index in [9.17, 15) is 9.59 Å². The summed E-state index contributed by atoms with van der Waals surface area (Å²) >= 11 is 0. The molecule has 0 unspecified atom stereocenters. The van der Waals surface area contributed by atoms with Crippen molar-refractivity contribution < 1.29 is 9.59 Å².